The Bertz CT molecular complexity index is 996. The Hall–Kier alpha value is -3.26. The van der Waals surface area contributed by atoms with Gasteiger partial charge in [-0.25, -0.2) is 4.98 Å². The van der Waals surface area contributed by atoms with Crippen molar-refractivity contribution in [2.75, 3.05) is 13.2 Å². The van der Waals surface area contributed by atoms with Crippen LogP contribution < -0.4 is 9.47 Å². The topological polar surface area (TPSA) is 60.1 Å². The van der Waals surface area contributed by atoms with Gasteiger partial charge in [-0.3, -0.25) is 0 Å². The van der Waals surface area contributed by atoms with Crippen LogP contribution in [0.2, 0.25) is 0 Å². The first kappa shape index (κ1) is 17.6. The molecular formula is C21H21N3O2. The second-order valence-corrected chi connectivity index (χ2v) is 5.72. The number of imidazole rings is 1. The van der Waals surface area contributed by atoms with E-state index in [1.54, 1.807) is 0 Å². The molecule has 0 radical (unpaired) electrons. The van der Waals surface area contributed by atoms with E-state index in [0.717, 1.165) is 22.3 Å². The zero-order chi connectivity index (χ0) is 18.5. The van der Waals surface area contributed by atoms with E-state index in [1.165, 1.54) is 0 Å². The maximum atomic E-state index is 9.71. The summed E-state index contributed by atoms with van der Waals surface area (Å²) in [4.78, 5) is 4.61. The average Bonchev–Trinajstić information content (AvgIpc) is 2.99. The largest absolute Gasteiger partial charge is 0.494 e. The summed E-state index contributed by atoms with van der Waals surface area (Å²) in [5.41, 5.74) is 3.15. The summed E-state index contributed by atoms with van der Waals surface area (Å²) in [5.74, 6) is 2.06. The first-order valence-corrected chi connectivity index (χ1v) is 8.61. The molecule has 5 heteroatoms. The van der Waals surface area contributed by atoms with Crippen LogP contribution in [0.15, 0.2) is 42.5 Å². The van der Waals surface area contributed by atoms with Gasteiger partial charge in [0.1, 0.15) is 17.6 Å². The summed E-state index contributed by atoms with van der Waals surface area (Å²) < 4.78 is 13.2. The Kier molecular flexibility index (Phi) is 5.23. The molecule has 0 saturated heterocycles. The van der Waals surface area contributed by atoms with Crippen LogP contribution in [0, 0.1) is 11.3 Å². The Balaban J connectivity index is 2.08. The van der Waals surface area contributed by atoms with Crippen molar-refractivity contribution in [2.24, 2.45) is 7.05 Å². The highest BCUT2D eigenvalue weighted by atomic mass is 16.5. The number of nitriles is 1. The van der Waals surface area contributed by atoms with Crippen molar-refractivity contribution in [3.63, 3.8) is 0 Å². The fraction of sp³-hybridized carbons (Fsp3) is 0.238. The minimum absolute atomic E-state index is 0.480. The van der Waals surface area contributed by atoms with Crippen LogP contribution in [0.25, 0.3) is 22.7 Å². The van der Waals surface area contributed by atoms with Gasteiger partial charge in [0.15, 0.2) is 5.82 Å². The molecule has 0 aliphatic heterocycles. The highest BCUT2D eigenvalue weighted by Gasteiger charge is 2.13. The van der Waals surface area contributed by atoms with Gasteiger partial charge < -0.3 is 14.0 Å². The van der Waals surface area contributed by atoms with Gasteiger partial charge in [0.05, 0.1) is 29.8 Å². The highest BCUT2D eigenvalue weighted by Crippen LogP contribution is 2.29. The van der Waals surface area contributed by atoms with Crippen LogP contribution in [-0.4, -0.2) is 22.8 Å². The number of rotatable bonds is 6. The Morgan fingerprint density at radius 3 is 2.62 bits per heavy atom. The lowest BCUT2D eigenvalue weighted by Gasteiger charge is -2.11. The monoisotopic (exact) mass is 347 g/mol. The predicted molar refractivity (Wildman–Crippen MR) is 103 cm³/mol. The van der Waals surface area contributed by atoms with Crippen LogP contribution in [0.1, 0.15) is 25.2 Å². The van der Waals surface area contributed by atoms with Crippen molar-refractivity contribution in [1.82, 2.24) is 9.55 Å². The minimum atomic E-state index is 0.480. The molecule has 0 unspecified atom stereocenters. The third kappa shape index (κ3) is 3.40. The molecule has 3 aromatic rings. The molecule has 0 aliphatic rings. The van der Waals surface area contributed by atoms with Gasteiger partial charge in [0.25, 0.3) is 0 Å². The van der Waals surface area contributed by atoms with E-state index < -0.39 is 0 Å². The number of aromatic nitrogens is 2. The summed E-state index contributed by atoms with van der Waals surface area (Å²) in [6.45, 7) is 4.99. The molecule has 0 saturated carbocycles. The summed E-state index contributed by atoms with van der Waals surface area (Å²) in [6, 6.07) is 15.7. The van der Waals surface area contributed by atoms with Crippen LogP contribution in [0.4, 0.5) is 0 Å². The lowest BCUT2D eigenvalue weighted by atomic mass is 10.1. The molecule has 0 fully saturated rings. The zero-order valence-corrected chi connectivity index (χ0v) is 15.2. The first-order valence-electron chi connectivity index (χ1n) is 8.61. The van der Waals surface area contributed by atoms with E-state index in [2.05, 4.69) is 11.1 Å². The van der Waals surface area contributed by atoms with Crippen molar-refractivity contribution in [3.05, 3.63) is 53.9 Å². The highest BCUT2D eigenvalue weighted by molar-refractivity contribution is 5.91. The number of para-hydroxylation sites is 2. The van der Waals surface area contributed by atoms with Crippen molar-refractivity contribution >= 4 is 22.7 Å². The van der Waals surface area contributed by atoms with Gasteiger partial charge in [-0.15, -0.1) is 0 Å². The van der Waals surface area contributed by atoms with Gasteiger partial charge in [-0.1, -0.05) is 12.1 Å². The van der Waals surface area contributed by atoms with Gasteiger partial charge in [0, 0.05) is 18.7 Å². The number of fused-ring (bicyclic) bond motifs is 1. The van der Waals surface area contributed by atoms with Crippen molar-refractivity contribution < 1.29 is 9.47 Å². The summed E-state index contributed by atoms with van der Waals surface area (Å²) in [5, 5.41) is 9.71. The van der Waals surface area contributed by atoms with E-state index in [4.69, 9.17) is 9.47 Å². The third-order valence-corrected chi connectivity index (χ3v) is 4.04. The second-order valence-electron chi connectivity index (χ2n) is 5.72. The molecule has 0 spiro atoms. The van der Waals surface area contributed by atoms with Gasteiger partial charge >= 0.3 is 0 Å². The Morgan fingerprint density at radius 2 is 1.92 bits per heavy atom. The molecule has 132 valence electrons. The molecule has 0 aliphatic carbocycles. The molecular weight excluding hydrogens is 326 g/mol. The van der Waals surface area contributed by atoms with Gasteiger partial charge in [0.2, 0.25) is 0 Å². The molecule has 5 nitrogen and oxygen atoms in total. The molecule has 2 aromatic carbocycles. The van der Waals surface area contributed by atoms with E-state index >= 15 is 0 Å². The molecule has 0 bridgehead atoms. The van der Waals surface area contributed by atoms with Crippen molar-refractivity contribution in [1.29, 1.82) is 5.26 Å². The molecule has 1 heterocycles. The number of hydrogen-bond donors (Lipinski definition) is 0. The number of benzene rings is 2. The smallest absolute Gasteiger partial charge is 0.151 e. The maximum Gasteiger partial charge on any atom is 0.151 e. The molecule has 0 N–H and O–H groups in total. The van der Waals surface area contributed by atoms with Gasteiger partial charge in [-0.2, -0.15) is 5.26 Å². The lowest BCUT2D eigenvalue weighted by molar-refractivity contribution is 0.322. The van der Waals surface area contributed by atoms with E-state index in [-0.39, 0.29) is 0 Å². The Morgan fingerprint density at radius 1 is 1.15 bits per heavy atom. The first-order chi connectivity index (χ1) is 12.7. The van der Waals surface area contributed by atoms with Crippen LogP contribution in [0.5, 0.6) is 11.5 Å². The van der Waals surface area contributed by atoms with Gasteiger partial charge in [-0.05, 0) is 44.2 Å². The Labute approximate surface area is 153 Å². The molecule has 3 rings (SSSR count). The summed E-state index contributed by atoms with van der Waals surface area (Å²) >= 11 is 0. The number of allylic oxidation sites excluding steroid dienone is 1. The van der Waals surface area contributed by atoms with E-state index in [9.17, 15) is 5.26 Å². The lowest BCUT2D eigenvalue weighted by Crippen LogP contribution is -1.98. The number of aryl methyl sites for hydroxylation is 1. The van der Waals surface area contributed by atoms with E-state index in [0.29, 0.717) is 30.4 Å². The van der Waals surface area contributed by atoms with Crippen LogP contribution in [-0.2, 0) is 7.05 Å². The van der Waals surface area contributed by atoms with Crippen LogP contribution >= 0.6 is 0 Å². The third-order valence-electron chi connectivity index (χ3n) is 4.04. The van der Waals surface area contributed by atoms with E-state index in [1.807, 2.05) is 74.0 Å². The maximum absolute atomic E-state index is 9.71. The fourth-order valence-electron chi connectivity index (χ4n) is 2.86. The normalized spacial score (nSPS) is 11.4. The predicted octanol–water partition coefficient (Wildman–Crippen LogP) is 4.43. The zero-order valence-electron chi connectivity index (χ0n) is 15.2. The molecule has 26 heavy (non-hydrogen) atoms. The molecule has 0 atom stereocenters. The van der Waals surface area contributed by atoms with Crippen LogP contribution in [0.3, 0.4) is 0 Å². The summed E-state index contributed by atoms with van der Waals surface area (Å²) in [7, 11) is 1.91. The molecule has 1 aromatic heterocycles. The van der Waals surface area contributed by atoms with Crippen molar-refractivity contribution in [2.45, 2.75) is 13.8 Å². The second kappa shape index (κ2) is 7.75. The molecule has 0 amide bonds. The summed E-state index contributed by atoms with van der Waals surface area (Å²) in [6.07, 6.45) is 1.81. The SMILES string of the molecule is CCOc1ccc(/C=C(/C#N)c2nc3ccccc3n2C)c(OCC)c1. The quantitative estimate of drug-likeness (QED) is 0.619. The number of ether oxygens (including phenoxy) is 2. The minimum Gasteiger partial charge on any atom is -0.494 e. The standard InChI is InChI=1S/C21H21N3O2/c1-4-25-17-11-10-15(20(13-17)26-5-2)12-16(14-22)21-23-18-8-6-7-9-19(18)24(21)3/h6-13H,4-5H2,1-3H3/b16-12-. The average molecular weight is 347 g/mol. The number of hydrogen-bond acceptors (Lipinski definition) is 4. The number of nitrogens with zero attached hydrogens (tertiary/aromatic N) is 3. The fourth-order valence-corrected chi connectivity index (χ4v) is 2.86. The van der Waals surface area contributed by atoms with Crippen molar-refractivity contribution in [3.8, 4) is 17.6 Å².